The van der Waals surface area contributed by atoms with Crippen molar-refractivity contribution in [1.82, 2.24) is 5.16 Å². The van der Waals surface area contributed by atoms with E-state index in [1.807, 2.05) is 60.7 Å². The second-order valence-electron chi connectivity index (χ2n) is 6.07. The lowest BCUT2D eigenvalue weighted by molar-refractivity contribution is -0.146. The fourth-order valence-electron chi connectivity index (χ4n) is 2.86. The van der Waals surface area contributed by atoms with E-state index in [0.717, 1.165) is 16.2 Å². The number of anilines is 1. The smallest absolute Gasteiger partial charge is 0.312 e. The van der Waals surface area contributed by atoms with Crippen LogP contribution in [-0.2, 0) is 20.7 Å². The molecule has 0 fully saturated rings. The van der Waals surface area contributed by atoms with Gasteiger partial charge in [-0.2, -0.15) is 0 Å². The molecule has 1 heterocycles. The van der Waals surface area contributed by atoms with Crippen LogP contribution in [0.1, 0.15) is 5.69 Å². The Balaban J connectivity index is 1.33. The van der Waals surface area contributed by atoms with Crippen molar-refractivity contribution >= 4 is 39.3 Å². The van der Waals surface area contributed by atoms with Gasteiger partial charge in [-0.25, -0.2) is 0 Å². The standard InChI is InChI=1S/C21H16N2O4/c24-20(22-16-10-9-14-5-1-2-6-15(14)11-16)13-26-21(25)12-18-17-7-3-4-8-19(17)27-23-18/h1-11H,12-13H2,(H,22,24). The van der Waals surface area contributed by atoms with Gasteiger partial charge >= 0.3 is 5.97 Å². The van der Waals surface area contributed by atoms with Gasteiger partial charge in [0.2, 0.25) is 0 Å². The molecule has 6 heteroatoms. The van der Waals surface area contributed by atoms with Crippen LogP contribution in [0.15, 0.2) is 71.3 Å². The molecule has 0 aliphatic rings. The van der Waals surface area contributed by atoms with E-state index < -0.39 is 11.9 Å². The number of aromatic nitrogens is 1. The summed E-state index contributed by atoms with van der Waals surface area (Å²) in [6.45, 7) is -0.360. The molecule has 0 saturated carbocycles. The number of benzene rings is 3. The third-order valence-corrected chi connectivity index (χ3v) is 4.16. The highest BCUT2D eigenvalue weighted by Crippen LogP contribution is 2.19. The minimum atomic E-state index is -0.539. The highest BCUT2D eigenvalue weighted by molar-refractivity contribution is 5.96. The van der Waals surface area contributed by atoms with Gasteiger partial charge in [0.25, 0.3) is 5.91 Å². The van der Waals surface area contributed by atoms with E-state index in [1.165, 1.54) is 0 Å². The molecule has 4 rings (SSSR count). The number of amides is 1. The van der Waals surface area contributed by atoms with E-state index in [-0.39, 0.29) is 13.0 Å². The van der Waals surface area contributed by atoms with Crippen LogP contribution >= 0.6 is 0 Å². The van der Waals surface area contributed by atoms with Crippen molar-refractivity contribution in [1.29, 1.82) is 0 Å². The molecule has 6 nitrogen and oxygen atoms in total. The molecular formula is C21H16N2O4. The molecule has 0 aliphatic heterocycles. The molecule has 1 N–H and O–H groups in total. The van der Waals surface area contributed by atoms with Crippen LogP contribution in [0.2, 0.25) is 0 Å². The Bertz CT molecular complexity index is 1130. The fraction of sp³-hybridized carbons (Fsp3) is 0.0952. The topological polar surface area (TPSA) is 81.4 Å². The number of para-hydroxylation sites is 1. The molecule has 0 bridgehead atoms. The number of ether oxygens (including phenoxy) is 1. The second kappa shape index (κ2) is 7.29. The van der Waals surface area contributed by atoms with Gasteiger partial charge in [0, 0.05) is 11.1 Å². The zero-order chi connectivity index (χ0) is 18.6. The number of fused-ring (bicyclic) bond motifs is 2. The van der Waals surface area contributed by atoms with E-state index in [1.54, 1.807) is 6.07 Å². The third kappa shape index (κ3) is 3.79. The monoisotopic (exact) mass is 360 g/mol. The molecule has 0 aliphatic carbocycles. The Kier molecular flexibility index (Phi) is 4.53. The Labute approximate surface area is 154 Å². The molecule has 1 aromatic heterocycles. The first-order chi connectivity index (χ1) is 13.2. The average Bonchev–Trinajstić information content (AvgIpc) is 3.09. The molecule has 134 valence electrons. The number of hydrogen-bond donors (Lipinski definition) is 1. The maximum Gasteiger partial charge on any atom is 0.312 e. The van der Waals surface area contributed by atoms with Gasteiger partial charge < -0.3 is 14.6 Å². The highest BCUT2D eigenvalue weighted by Gasteiger charge is 2.14. The molecule has 4 aromatic rings. The minimum absolute atomic E-state index is 0.0553. The summed E-state index contributed by atoms with van der Waals surface area (Å²) < 4.78 is 10.2. The predicted octanol–water partition coefficient (Wildman–Crippen LogP) is 3.71. The summed E-state index contributed by atoms with van der Waals surface area (Å²) in [7, 11) is 0. The van der Waals surface area contributed by atoms with E-state index in [2.05, 4.69) is 10.5 Å². The van der Waals surface area contributed by atoms with Crippen molar-refractivity contribution < 1.29 is 18.8 Å². The molecule has 0 spiro atoms. The Morgan fingerprint density at radius 1 is 0.963 bits per heavy atom. The number of esters is 1. The van der Waals surface area contributed by atoms with Gasteiger partial charge in [0.05, 0.1) is 6.42 Å². The number of rotatable bonds is 5. The number of nitrogens with zero attached hydrogens (tertiary/aromatic N) is 1. The number of carbonyl (C=O) groups excluding carboxylic acids is 2. The number of carbonyl (C=O) groups is 2. The zero-order valence-electron chi connectivity index (χ0n) is 14.3. The molecule has 0 atom stereocenters. The van der Waals surface area contributed by atoms with Crippen LogP contribution in [0, 0.1) is 0 Å². The van der Waals surface area contributed by atoms with Gasteiger partial charge in [-0.3, -0.25) is 9.59 Å². The summed E-state index contributed by atoms with van der Waals surface area (Å²) in [5, 5.41) is 9.47. The Morgan fingerprint density at radius 2 is 1.74 bits per heavy atom. The van der Waals surface area contributed by atoms with E-state index in [4.69, 9.17) is 9.26 Å². The van der Waals surface area contributed by atoms with Crippen molar-refractivity contribution in [3.63, 3.8) is 0 Å². The van der Waals surface area contributed by atoms with Crippen LogP contribution in [-0.4, -0.2) is 23.6 Å². The van der Waals surface area contributed by atoms with Crippen LogP contribution < -0.4 is 5.32 Å². The Hall–Kier alpha value is -3.67. The quantitative estimate of drug-likeness (QED) is 0.549. The number of nitrogens with one attached hydrogen (secondary N) is 1. The predicted molar refractivity (Wildman–Crippen MR) is 101 cm³/mol. The molecular weight excluding hydrogens is 344 g/mol. The minimum Gasteiger partial charge on any atom is -0.455 e. The van der Waals surface area contributed by atoms with Gasteiger partial charge in [-0.1, -0.05) is 47.6 Å². The maximum atomic E-state index is 12.0. The van der Waals surface area contributed by atoms with Crippen LogP contribution in [0.4, 0.5) is 5.69 Å². The lowest BCUT2D eigenvalue weighted by Gasteiger charge is -2.07. The normalized spacial score (nSPS) is 10.8. The summed E-state index contributed by atoms with van der Waals surface area (Å²) >= 11 is 0. The molecule has 27 heavy (non-hydrogen) atoms. The molecule has 0 saturated heterocycles. The largest absolute Gasteiger partial charge is 0.455 e. The summed E-state index contributed by atoms with van der Waals surface area (Å²) in [5.41, 5.74) is 1.75. The lowest BCUT2D eigenvalue weighted by Crippen LogP contribution is -2.21. The third-order valence-electron chi connectivity index (χ3n) is 4.16. The van der Waals surface area contributed by atoms with Crippen LogP contribution in [0.3, 0.4) is 0 Å². The molecule has 0 unspecified atom stereocenters. The van der Waals surface area contributed by atoms with Gasteiger partial charge in [-0.05, 0) is 35.0 Å². The van der Waals surface area contributed by atoms with E-state index in [9.17, 15) is 9.59 Å². The summed E-state index contributed by atoms with van der Waals surface area (Å²) in [6.07, 6.45) is -0.0553. The van der Waals surface area contributed by atoms with Gasteiger partial charge in [0.15, 0.2) is 12.2 Å². The van der Waals surface area contributed by atoms with Crippen molar-refractivity contribution in [3.8, 4) is 0 Å². The first-order valence-electron chi connectivity index (χ1n) is 8.46. The first-order valence-corrected chi connectivity index (χ1v) is 8.46. The van der Waals surface area contributed by atoms with Gasteiger partial charge in [0.1, 0.15) is 5.69 Å². The first kappa shape index (κ1) is 16.8. The fourth-order valence-corrected chi connectivity index (χ4v) is 2.86. The van der Waals surface area contributed by atoms with Crippen molar-refractivity contribution in [3.05, 3.63) is 72.4 Å². The lowest BCUT2D eigenvalue weighted by atomic mass is 10.1. The van der Waals surface area contributed by atoms with Crippen molar-refractivity contribution in [2.24, 2.45) is 0 Å². The molecule has 0 radical (unpaired) electrons. The van der Waals surface area contributed by atoms with E-state index in [0.29, 0.717) is 17.0 Å². The zero-order valence-corrected chi connectivity index (χ0v) is 14.3. The van der Waals surface area contributed by atoms with Crippen molar-refractivity contribution in [2.75, 3.05) is 11.9 Å². The summed E-state index contributed by atoms with van der Waals surface area (Å²) in [5.74, 6) is -0.939. The van der Waals surface area contributed by atoms with Crippen LogP contribution in [0.25, 0.3) is 21.7 Å². The molecule has 1 amide bonds. The van der Waals surface area contributed by atoms with Crippen LogP contribution in [0.5, 0.6) is 0 Å². The maximum absolute atomic E-state index is 12.0. The summed E-state index contributed by atoms with van der Waals surface area (Å²) in [6, 6.07) is 20.7. The van der Waals surface area contributed by atoms with Crippen molar-refractivity contribution in [2.45, 2.75) is 6.42 Å². The number of hydrogen-bond acceptors (Lipinski definition) is 5. The molecule has 3 aromatic carbocycles. The second-order valence-corrected chi connectivity index (χ2v) is 6.07. The summed E-state index contributed by atoms with van der Waals surface area (Å²) in [4.78, 5) is 24.0. The van der Waals surface area contributed by atoms with Gasteiger partial charge in [-0.15, -0.1) is 0 Å². The SMILES string of the molecule is O=C(COC(=O)Cc1noc2ccccc12)Nc1ccc2ccccc2c1. The van der Waals surface area contributed by atoms with E-state index >= 15 is 0 Å². The average molecular weight is 360 g/mol. The Morgan fingerprint density at radius 3 is 2.63 bits per heavy atom. The highest BCUT2D eigenvalue weighted by atomic mass is 16.5.